The lowest BCUT2D eigenvalue weighted by molar-refractivity contribution is 0.0167. The zero-order valence-corrected chi connectivity index (χ0v) is 21.1. The van der Waals surface area contributed by atoms with Gasteiger partial charge in [-0.2, -0.15) is 0 Å². The first-order valence-corrected chi connectivity index (χ1v) is 11.9. The molecule has 7 nitrogen and oxygen atoms in total. The normalized spacial score (nSPS) is 16.0. The van der Waals surface area contributed by atoms with Gasteiger partial charge in [-0.3, -0.25) is 9.59 Å². The van der Waals surface area contributed by atoms with E-state index in [1.807, 2.05) is 20.8 Å². The number of nitrogens with zero attached hydrogens (tertiary/aromatic N) is 1. The number of amides is 3. The molecule has 0 radical (unpaired) electrons. The molecule has 9 heteroatoms. The van der Waals surface area contributed by atoms with Crippen molar-refractivity contribution in [3.8, 4) is 0 Å². The predicted octanol–water partition coefficient (Wildman–Crippen LogP) is 5.22. The molecular formula is C25H29BrFN3O4. The van der Waals surface area contributed by atoms with Gasteiger partial charge in [-0.05, 0) is 69.9 Å². The molecule has 1 fully saturated rings. The van der Waals surface area contributed by atoms with Gasteiger partial charge in [-0.15, -0.1) is 0 Å². The summed E-state index contributed by atoms with van der Waals surface area (Å²) in [6.07, 6.45) is 1.34. The molecule has 2 aromatic carbocycles. The number of ether oxygens (including phenoxy) is 1. The molecule has 3 amide bonds. The third-order valence-electron chi connectivity index (χ3n) is 5.31. The Morgan fingerprint density at radius 2 is 1.85 bits per heavy atom. The summed E-state index contributed by atoms with van der Waals surface area (Å²) in [6, 6.07) is 10.5. The molecule has 0 spiro atoms. The van der Waals surface area contributed by atoms with Crippen molar-refractivity contribution in [3.05, 3.63) is 63.9 Å². The van der Waals surface area contributed by atoms with Crippen LogP contribution in [0.4, 0.5) is 14.9 Å². The summed E-state index contributed by atoms with van der Waals surface area (Å²) in [5.74, 6) is -1.59. The van der Waals surface area contributed by atoms with Crippen LogP contribution in [-0.2, 0) is 4.74 Å². The fraction of sp³-hybridized carbons (Fsp3) is 0.400. The van der Waals surface area contributed by atoms with E-state index in [0.717, 1.165) is 12.8 Å². The molecule has 1 heterocycles. The Balaban J connectivity index is 1.65. The lowest BCUT2D eigenvalue weighted by Gasteiger charge is -2.34. The molecule has 0 saturated carbocycles. The first-order valence-electron chi connectivity index (χ1n) is 11.1. The highest BCUT2D eigenvalue weighted by atomic mass is 79.9. The second kappa shape index (κ2) is 11.0. The average Bonchev–Trinajstić information content (AvgIpc) is 2.78. The van der Waals surface area contributed by atoms with Crippen molar-refractivity contribution in [3.63, 3.8) is 0 Å². The highest BCUT2D eigenvalue weighted by molar-refractivity contribution is 9.10. The summed E-state index contributed by atoms with van der Waals surface area (Å²) < 4.78 is 20.1. The van der Waals surface area contributed by atoms with Crippen molar-refractivity contribution < 1.29 is 23.5 Å². The van der Waals surface area contributed by atoms with Gasteiger partial charge in [0.2, 0.25) is 0 Å². The largest absolute Gasteiger partial charge is 0.444 e. The van der Waals surface area contributed by atoms with E-state index < -0.39 is 17.3 Å². The number of hydrogen-bond acceptors (Lipinski definition) is 4. The van der Waals surface area contributed by atoms with Crippen LogP contribution in [0.2, 0.25) is 0 Å². The van der Waals surface area contributed by atoms with Gasteiger partial charge in [0.1, 0.15) is 11.4 Å². The Hall–Kier alpha value is -2.94. The zero-order valence-electron chi connectivity index (χ0n) is 19.5. The molecule has 0 aliphatic carbocycles. The van der Waals surface area contributed by atoms with Crippen LogP contribution in [0.5, 0.6) is 0 Å². The number of nitrogens with one attached hydrogen (secondary N) is 2. The monoisotopic (exact) mass is 533 g/mol. The molecule has 1 aliphatic rings. The lowest BCUT2D eigenvalue weighted by Crippen LogP contribution is -2.45. The standard InChI is InChI=1S/C25H29BrFN3O4/c1-25(2,3)34-24(33)30-12-6-7-16(15-30)14-28-22(31)19-13-17(26)10-11-21(19)29-23(32)18-8-4-5-9-20(18)27/h4-5,8-11,13,16H,6-7,12,14-15H2,1-3H3,(H,28,31)(H,29,32)/t16-/m1/s1. The Morgan fingerprint density at radius 1 is 1.12 bits per heavy atom. The highest BCUT2D eigenvalue weighted by Gasteiger charge is 2.28. The minimum absolute atomic E-state index is 0.0776. The number of rotatable bonds is 5. The minimum Gasteiger partial charge on any atom is -0.444 e. The summed E-state index contributed by atoms with van der Waals surface area (Å²) in [4.78, 5) is 39.6. The second-order valence-corrected chi connectivity index (χ2v) is 10.2. The maximum absolute atomic E-state index is 14.0. The molecule has 0 bridgehead atoms. The van der Waals surface area contributed by atoms with Gasteiger partial charge < -0.3 is 20.3 Å². The number of carbonyl (C=O) groups is 3. The Labute approximate surface area is 207 Å². The second-order valence-electron chi connectivity index (χ2n) is 9.27. The zero-order chi connectivity index (χ0) is 24.9. The van der Waals surface area contributed by atoms with E-state index in [4.69, 9.17) is 4.74 Å². The van der Waals surface area contributed by atoms with E-state index in [0.29, 0.717) is 24.1 Å². The maximum Gasteiger partial charge on any atom is 0.410 e. The number of carbonyl (C=O) groups excluding carboxylic acids is 3. The number of hydrogen-bond donors (Lipinski definition) is 2. The Morgan fingerprint density at radius 3 is 2.56 bits per heavy atom. The highest BCUT2D eigenvalue weighted by Crippen LogP contribution is 2.23. The number of benzene rings is 2. The summed E-state index contributed by atoms with van der Waals surface area (Å²) >= 11 is 3.35. The molecule has 1 saturated heterocycles. The van der Waals surface area contributed by atoms with Crippen LogP contribution < -0.4 is 10.6 Å². The van der Waals surface area contributed by atoms with Crippen LogP contribution in [-0.4, -0.2) is 48.0 Å². The Kier molecular flexibility index (Phi) is 8.30. The van der Waals surface area contributed by atoms with Crippen molar-refractivity contribution in [2.75, 3.05) is 25.0 Å². The molecule has 1 aliphatic heterocycles. The van der Waals surface area contributed by atoms with Gasteiger partial charge in [-0.1, -0.05) is 28.1 Å². The molecule has 34 heavy (non-hydrogen) atoms. The van der Waals surface area contributed by atoms with Gasteiger partial charge in [0.05, 0.1) is 16.8 Å². The van der Waals surface area contributed by atoms with Gasteiger partial charge in [0, 0.05) is 24.1 Å². The minimum atomic E-state index is -0.644. The number of piperidine rings is 1. The topological polar surface area (TPSA) is 87.7 Å². The van der Waals surface area contributed by atoms with Gasteiger partial charge >= 0.3 is 6.09 Å². The fourth-order valence-corrected chi connectivity index (χ4v) is 4.07. The third kappa shape index (κ3) is 7.03. The fourth-order valence-electron chi connectivity index (χ4n) is 3.70. The van der Waals surface area contributed by atoms with Crippen LogP contribution in [0.15, 0.2) is 46.9 Å². The summed E-state index contributed by atoms with van der Waals surface area (Å²) in [7, 11) is 0. The van der Waals surface area contributed by atoms with Crippen LogP contribution in [0.3, 0.4) is 0 Å². The number of likely N-dealkylation sites (tertiary alicyclic amines) is 1. The molecule has 182 valence electrons. The third-order valence-corrected chi connectivity index (χ3v) is 5.81. The van der Waals surface area contributed by atoms with E-state index in [-0.39, 0.29) is 34.7 Å². The quantitative estimate of drug-likeness (QED) is 0.551. The van der Waals surface area contributed by atoms with E-state index >= 15 is 0 Å². The predicted molar refractivity (Wildman–Crippen MR) is 131 cm³/mol. The molecule has 2 aromatic rings. The van der Waals surface area contributed by atoms with Crippen LogP contribution in [0.1, 0.15) is 54.3 Å². The van der Waals surface area contributed by atoms with Crippen LogP contribution in [0, 0.1) is 11.7 Å². The molecule has 1 atom stereocenters. The van der Waals surface area contributed by atoms with Crippen LogP contribution in [0.25, 0.3) is 0 Å². The van der Waals surface area contributed by atoms with Gasteiger partial charge in [-0.25, -0.2) is 9.18 Å². The summed E-state index contributed by atoms with van der Waals surface area (Å²) in [5, 5.41) is 5.53. The molecule has 2 N–H and O–H groups in total. The summed E-state index contributed by atoms with van der Waals surface area (Å²) in [5.41, 5.74) is -0.157. The summed E-state index contributed by atoms with van der Waals surface area (Å²) in [6.45, 7) is 6.96. The van der Waals surface area contributed by atoms with Gasteiger partial charge in [0.15, 0.2) is 0 Å². The maximum atomic E-state index is 14.0. The Bertz CT molecular complexity index is 1070. The van der Waals surface area contributed by atoms with Crippen molar-refractivity contribution in [1.82, 2.24) is 10.2 Å². The first kappa shape index (κ1) is 25.7. The van der Waals surface area contributed by atoms with E-state index in [9.17, 15) is 18.8 Å². The van der Waals surface area contributed by atoms with Crippen molar-refractivity contribution in [2.45, 2.75) is 39.2 Å². The first-order chi connectivity index (χ1) is 16.0. The number of halogens is 2. The van der Waals surface area contributed by atoms with Gasteiger partial charge in [0.25, 0.3) is 11.8 Å². The van der Waals surface area contributed by atoms with E-state index in [1.165, 1.54) is 18.2 Å². The van der Waals surface area contributed by atoms with Crippen molar-refractivity contribution >= 4 is 39.5 Å². The van der Waals surface area contributed by atoms with E-state index in [1.54, 1.807) is 29.2 Å². The average molecular weight is 534 g/mol. The SMILES string of the molecule is CC(C)(C)OC(=O)N1CCC[C@H](CNC(=O)c2cc(Br)ccc2NC(=O)c2ccccc2F)C1. The molecule has 3 rings (SSSR count). The van der Waals surface area contributed by atoms with E-state index in [2.05, 4.69) is 26.6 Å². The molecule has 0 aromatic heterocycles. The van der Waals surface area contributed by atoms with Crippen LogP contribution >= 0.6 is 15.9 Å². The molecule has 0 unspecified atom stereocenters. The van der Waals surface area contributed by atoms with Crippen molar-refractivity contribution in [1.29, 1.82) is 0 Å². The van der Waals surface area contributed by atoms with Crippen molar-refractivity contribution in [2.24, 2.45) is 5.92 Å². The lowest BCUT2D eigenvalue weighted by atomic mass is 9.98. The number of anilines is 1. The molecular weight excluding hydrogens is 505 g/mol. The smallest absolute Gasteiger partial charge is 0.410 e.